The molecule has 2 aromatic carbocycles. The molecule has 1 aromatic heterocycles. The molecule has 0 spiro atoms. The Balaban J connectivity index is 1.60. The first-order valence-electron chi connectivity index (χ1n) is 9.83. The van der Waals surface area contributed by atoms with Gasteiger partial charge in [0.15, 0.2) is 0 Å². The Kier molecular flexibility index (Phi) is 6.98. The molecule has 0 aliphatic carbocycles. The second-order valence-electron chi connectivity index (χ2n) is 6.82. The van der Waals surface area contributed by atoms with Crippen LogP contribution in [0.5, 0.6) is 0 Å². The number of carbonyl (C=O) groups excluding carboxylic acids is 1. The summed E-state index contributed by atoms with van der Waals surface area (Å²) < 4.78 is 1.79. The number of carbonyl (C=O) groups is 1. The predicted molar refractivity (Wildman–Crippen MR) is 112 cm³/mol. The van der Waals surface area contributed by atoms with E-state index in [0.29, 0.717) is 18.7 Å². The van der Waals surface area contributed by atoms with Gasteiger partial charge in [0.1, 0.15) is 0 Å². The summed E-state index contributed by atoms with van der Waals surface area (Å²) in [5.74, 6) is -0.100. The van der Waals surface area contributed by atoms with E-state index in [1.165, 1.54) is 5.56 Å². The van der Waals surface area contributed by atoms with E-state index in [2.05, 4.69) is 47.4 Å². The first-order chi connectivity index (χ1) is 13.7. The van der Waals surface area contributed by atoms with Crippen LogP contribution in [-0.4, -0.2) is 33.7 Å². The van der Waals surface area contributed by atoms with Gasteiger partial charge in [-0.3, -0.25) is 14.4 Å². The van der Waals surface area contributed by atoms with Crippen molar-refractivity contribution in [1.82, 2.24) is 20.0 Å². The van der Waals surface area contributed by atoms with E-state index in [1.807, 2.05) is 36.4 Å². The molecule has 3 aromatic rings. The Morgan fingerprint density at radius 2 is 1.68 bits per heavy atom. The summed E-state index contributed by atoms with van der Waals surface area (Å²) in [5.41, 5.74) is 4.14. The molecule has 1 N–H and O–H groups in total. The number of hydrogen-bond acceptors (Lipinski definition) is 3. The van der Waals surface area contributed by atoms with E-state index in [-0.39, 0.29) is 5.91 Å². The van der Waals surface area contributed by atoms with Gasteiger partial charge < -0.3 is 5.32 Å². The zero-order valence-corrected chi connectivity index (χ0v) is 16.6. The molecule has 0 saturated carbocycles. The molecule has 1 heterocycles. The fraction of sp³-hybridized carbons (Fsp3) is 0.304. The average molecular weight is 377 g/mol. The van der Waals surface area contributed by atoms with Crippen molar-refractivity contribution < 1.29 is 4.79 Å². The van der Waals surface area contributed by atoms with Gasteiger partial charge >= 0.3 is 0 Å². The summed E-state index contributed by atoms with van der Waals surface area (Å²) in [7, 11) is 0. The lowest BCUT2D eigenvalue weighted by Crippen LogP contribution is -2.26. The number of amides is 1. The number of nitrogens with zero attached hydrogens (tertiary/aromatic N) is 3. The van der Waals surface area contributed by atoms with Crippen LogP contribution >= 0.6 is 0 Å². The number of benzene rings is 2. The third-order valence-corrected chi connectivity index (χ3v) is 4.93. The topological polar surface area (TPSA) is 50.2 Å². The van der Waals surface area contributed by atoms with E-state index in [9.17, 15) is 4.79 Å². The van der Waals surface area contributed by atoms with Crippen LogP contribution in [0.25, 0.3) is 0 Å². The number of nitrogens with one attached hydrogen (secondary N) is 1. The smallest absolute Gasteiger partial charge is 0.254 e. The maximum Gasteiger partial charge on any atom is 0.254 e. The van der Waals surface area contributed by atoms with Crippen LogP contribution in [0.15, 0.2) is 67.0 Å². The first kappa shape index (κ1) is 19.8. The van der Waals surface area contributed by atoms with Gasteiger partial charge in [-0.2, -0.15) is 5.10 Å². The lowest BCUT2D eigenvalue weighted by Gasteiger charge is -2.20. The minimum absolute atomic E-state index is 0.100. The summed E-state index contributed by atoms with van der Waals surface area (Å²) in [4.78, 5) is 14.9. The molecule has 28 heavy (non-hydrogen) atoms. The van der Waals surface area contributed by atoms with Gasteiger partial charge in [-0.05, 0) is 29.8 Å². The van der Waals surface area contributed by atoms with Crippen molar-refractivity contribution in [2.75, 3.05) is 13.1 Å². The number of aromatic nitrogens is 2. The second kappa shape index (κ2) is 9.85. The van der Waals surface area contributed by atoms with Crippen LogP contribution in [0.2, 0.25) is 0 Å². The molecule has 5 nitrogen and oxygen atoms in total. The van der Waals surface area contributed by atoms with Crippen LogP contribution in [-0.2, 0) is 19.6 Å². The lowest BCUT2D eigenvalue weighted by atomic mass is 10.1. The van der Waals surface area contributed by atoms with Gasteiger partial charge in [0.2, 0.25) is 0 Å². The van der Waals surface area contributed by atoms with E-state index < -0.39 is 0 Å². The quantitative estimate of drug-likeness (QED) is 0.619. The van der Waals surface area contributed by atoms with Crippen molar-refractivity contribution >= 4 is 5.91 Å². The van der Waals surface area contributed by atoms with E-state index >= 15 is 0 Å². The van der Waals surface area contributed by atoms with Crippen LogP contribution < -0.4 is 5.32 Å². The number of rotatable bonds is 9. The molecular formula is C23H28N4O. The fourth-order valence-electron chi connectivity index (χ4n) is 3.19. The molecule has 0 bridgehead atoms. The van der Waals surface area contributed by atoms with Crippen LogP contribution in [0, 0.1) is 0 Å². The molecule has 0 saturated heterocycles. The van der Waals surface area contributed by atoms with Crippen molar-refractivity contribution in [2.45, 2.75) is 33.5 Å². The number of hydrogen-bond donors (Lipinski definition) is 1. The monoisotopic (exact) mass is 376 g/mol. The minimum atomic E-state index is -0.100. The molecule has 0 aliphatic rings. The fourth-order valence-corrected chi connectivity index (χ4v) is 3.19. The standard InChI is InChI=1S/C23H28N4O/c1-3-26(4-2)17-21-13-9-8-12-20(21)14-24-23(28)22-15-25-27(18-22)16-19-10-6-5-7-11-19/h5-13,15,18H,3-4,14,16-17H2,1-2H3,(H,24,28). The van der Waals surface area contributed by atoms with Crippen LogP contribution in [0.1, 0.15) is 40.9 Å². The van der Waals surface area contributed by atoms with Gasteiger partial charge in [-0.1, -0.05) is 68.4 Å². The third kappa shape index (κ3) is 5.30. The zero-order chi connectivity index (χ0) is 19.8. The highest BCUT2D eigenvalue weighted by atomic mass is 16.1. The molecule has 0 unspecified atom stereocenters. The largest absolute Gasteiger partial charge is 0.348 e. The average Bonchev–Trinajstić information content (AvgIpc) is 3.20. The van der Waals surface area contributed by atoms with Crippen molar-refractivity contribution in [1.29, 1.82) is 0 Å². The second-order valence-corrected chi connectivity index (χ2v) is 6.82. The summed E-state index contributed by atoms with van der Waals surface area (Å²) in [6, 6.07) is 18.4. The normalized spacial score (nSPS) is 11.0. The van der Waals surface area contributed by atoms with Gasteiger partial charge in [0.25, 0.3) is 5.91 Å². The molecule has 1 amide bonds. The van der Waals surface area contributed by atoms with Gasteiger partial charge in [-0.15, -0.1) is 0 Å². The highest BCUT2D eigenvalue weighted by Crippen LogP contribution is 2.12. The van der Waals surface area contributed by atoms with Crippen LogP contribution in [0.4, 0.5) is 0 Å². The van der Waals surface area contributed by atoms with Gasteiger partial charge in [-0.25, -0.2) is 0 Å². The Hall–Kier alpha value is -2.92. The summed E-state index contributed by atoms with van der Waals surface area (Å²) >= 11 is 0. The first-order valence-corrected chi connectivity index (χ1v) is 9.83. The SMILES string of the molecule is CCN(CC)Cc1ccccc1CNC(=O)c1cnn(Cc2ccccc2)c1. The Morgan fingerprint density at radius 1 is 1.00 bits per heavy atom. The van der Waals surface area contributed by atoms with E-state index in [4.69, 9.17) is 0 Å². The maximum atomic E-state index is 12.6. The molecule has 3 rings (SSSR count). The van der Waals surface area contributed by atoms with Crippen molar-refractivity contribution in [3.8, 4) is 0 Å². The zero-order valence-electron chi connectivity index (χ0n) is 16.6. The summed E-state index contributed by atoms with van der Waals surface area (Å²) in [6.07, 6.45) is 3.42. The molecule has 146 valence electrons. The molecular weight excluding hydrogens is 348 g/mol. The molecule has 0 aliphatic heterocycles. The molecule has 0 radical (unpaired) electrons. The highest BCUT2D eigenvalue weighted by molar-refractivity contribution is 5.93. The third-order valence-electron chi connectivity index (χ3n) is 4.93. The van der Waals surface area contributed by atoms with Crippen LogP contribution in [0.3, 0.4) is 0 Å². The minimum Gasteiger partial charge on any atom is -0.348 e. The Bertz CT molecular complexity index is 884. The molecule has 0 atom stereocenters. The van der Waals surface area contributed by atoms with E-state index in [0.717, 1.165) is 30.8 Å². The van der Waals surface area contributed by atoms with Crippen molar-refractivity contribution in [3.63, 3.8) is 0 Å². The molecule has 0 fully saturated rings. The predicted octanol–water partition coefficient (Wildman–Crippen LogP) is 3.70. The van der Waals surface area contributed by atoms with Crippen molar-refractivity contribution in [3.05, 3.63) is 89.2 Å². The molecule has 5 heteroatoms. The van der Waals surface area contributed by atoms with Crippen molar-refractivity contribution in [2.24, 2.45) is 0 Å². The van der Waals surface area contributed by atoms with E-state index in [1.54, 1.807) is 17.1 Å². The summed E-state index contributed by atoms with van der Waals surface area (Å²) in [6.45, 7) is 8.42. The Morgan fingerprint density at radius 3 is 2.39 bits per heavy atom. The van der Waals surface area contributed by atoms with Gasteiger partial charge in [0, 0.05) is 19.3 Å². The van der Waals surface area contributed by atoms with Gasteiger partial charge in [0.05, 0.1) is 18.3 Å². The lowest BCUT2D eigenvalue weighted by molar-refractivity contribution is 0.0950. The Labute approximate surface area is 167 Å². The summed E-state index contributed by atoms with van der Waals surface area (Å²) in [5, 5.41) is 7.35. The maximum absolute atomic E-state index is 12.6. The highest BCUT2D eigenvalue weighted by Gasteiger charge is 2.11.